The molecule has 0 bridgehead atoms. The van der Waals surface area contributed by atoms with Crippen molar-refractivity contribution < 1.29 is 4.79 Å². The number of nitrogens with zero attached hydrogens (tertiary/aromatic N) is 1. The molecule has 0 radical (unpaired) electrons. The molecule has 1 fully saturated rings. The van der Waals surface area contributed by atoms with Gasteiger partial charge in [-0.3, -0.25) is 10.2 Å². The molecule has 0 saturated carbocycles. The largest absolute Gasteiger partial charge is 0.324 e. The number of hydrazine groups is 1. The predicted molar refractivity (Wildman–Crippen MR) is 71.6 cm³/mol. The van der Waals surface area contributed by atoms with Gasteiger partial charge in [-0.15, -0.1) is 0 Å². The molecule has 4 nitrogen and oxygen atoms in total. The number of amides is 1. The van der Waals surface area contributed by atoms with Crippen LogP contribution in [-0.4, -0.2) is 24.0 Å². The average Bonchev–Trinajstić information content (AvgIpc) is 2.40. The summed E-state index contributed by atoms with van der Waals surface area (Å²) in [7, 11) is 0. The zero-order chi connectivity index (χ0) is 12.8. The summed E-state index contributed by atoms with van der Waals surface area (Å²) in [6.07, 6.45) is 3.91. The Kier molecular flexibility index (Phi) is 4.73. The molecule has 1 unspecified atom stereocenters. The Balaban J connectivity index is 1.80. The molecule has 1 aromatic carbocycles. The molecule has 1 aliphatic heterocycles. The van der Waals surface area contributed by atoms with Crippen molar-refractivity contribution in [2.75, 3.05) is 13.1 Å². The fourth-order valence-electron chi connectivity index (χ4n) is 2.25. The van der Waals surface area contributed by atoms with Gasteiger partial charge in [-0.1, -0.05) is 36.8 Å². The first-order chi connectivity index (χ1) is 8.75. The van der Waals surface area contributed by atoms with E-state index >= 15 is 0 Å². The van der Waals surface area contributed by atoms with Gasteiger partial charge in [-0.25, -0.2) is 5.01 Å². The van der Waals surface area contributed by atoms with Crippen molar-refractivity contribution in [3.05, 3.63) is 35.9 Å². The van der Waals surface area contributed by atoms with Gasteiger partial charge in [0.15, 0.2) is 0 Å². The third-order valence-electron chi connectivity index (χ3n) is 3.27. The molecule has 1 aromatic rings. The first kappa shape index (κ1) is 13.1. The fraction of sp³-hybridized carbons (Fsp3) is 0.500. The topological polar surface area (TPSA) is 58.4 Å². The first-order valence-electron chi connectivity index (χ1n) is 6.60. The standard InChI is InChI=1S/C14H21N3O/c15-13(12-7-3-1-4-8-12)11-14(18)16-17-9-5-2-6-10-17/h1,3-4,7-8,13H,2,5-6,9-11,15H2,(H,16,18). The molecule has 4 heteroatoms. The molecule has 1 saturated heterocycles. The molecule has 1 amide bonds. The molecule has 1 atom stereocenters. The van der Waals surface area contributed by atoms with E-state index in [1.54, 1.807) is 0 Å². The maximum absolute atomic E-state index is 11.9. The molecule has 2 rings (SSSR count). The number of carbonyl (C=O) groups excluding carboxylic acids is 1. The van der Waals surface area contributed by atoms with Crippen LogP contribution in [0.1, 0.15) is 37.3 Å². The van der Waals surface area contributed by atoms with E-state index in [9.17, 15) is 4.79 Å². The van der Waals surface area contributed by atoms with Gasteiger partial charge in [0.25, 0.3) is 0 Å². The Hall–Kier alpha value is -1.39. The second-order valence-electron chi connectivity index (χ2n) is 4.80. The van der Waals surface area contributed by atoms with Crippen LogP contribution in [0.4, 0.5) is 0 Å². The van der Waals surface area contributed by atoms with Crippen LogP contribution in [0.25, 0.3) is 0 Å². The van der Waals surface area contributed by atoms with Crippen molar-refractivity contribution >= 4 is 5.91 Å². The van der Waals surface area contributed by atoms with Crippen LogP contribution in [0.2, 0.25) is 0 Å². The molecule has 98 valence electrons. The van der Waals surface area contributed by atoms with E-state index < -0.39 is 0 Å². The van der Waals surface area contributed by atoms with Gasteiger partial charge in [-0.05, 0) is 18.4 Å². The van der Waals surface area contributed by atoms with E-state index in [0.29, 0.717) is 6.42 Å². The summed E-state index contributed by atoms with van der Waals surface area (Å²) in [5.74, 6) is 0.00764. The zero-order valence-corrected chi connectivity index (χ0v) is 10.6. The van der Waals surface area contributed by atoms with Crippen molar-refractivity contribution in [3.63, 3.8) is 0 Å². The van der Waals surface area contributed by atoms with Crippen molar-refractivity contribution in [2.24, 2.45) is 5.73 Å². The third-order valence-corrected chi connectivity index (χ3v) is 3.27. The number of benzene rings is 1. The van der Waals surface area contributed by atoms with Crippen LogP contribution in [0.3, 0.4) is 0 Å². The number of hydrogen-bond acceptors (Lipinski definition) is 3. The Morgan fingerprint density at radius 1 is 1.22 bits per heavy atom. The van der Waals surface area contributed by atoms with Gasteiger partial charge in [0, 0.05) is 25.6 Å². The van der Waals surface area contributed by atoms with Gasteiger partial charge in [-0.2, -0.15) is 0 Å². The average molecular weight is 247 g/mol. The number of piperidine rings is 1. The third kappa shape index (κ3) is 3.82. The van der Waals surface area contributed by atoms with Crippen LogP contribution >= 0.6 is 0 Å². The molecule has 0 aromatic heterocycles. The van der Waals surface area contributed by atoms with Crippen molar-refractivity contribution in [3.8, 4) is 0 Å². The summed E-state index contributed by atoms with van der Waals surface area (Å²) in [6.45, 7) is 1.90. The number of hydrogen-bond donors (Lipinski definition) is 2. The summed E-state index contributed by atoms with van der Waals surface area (Å²) in [6, 6.07) is 9.52. The van der Waals surface area contributed by atoms with E-state index in [-0.39, 0.29) is 11.9 Å². The van der Waals surface area contributed by atoms with E-state index in [1.165, 1.54) is 6.42 Å². The highest BCUT2D eigenvalue weighted by molar-refractivity contribution is 5.76. The van der Waals surface area contributed by atoms with Gasteiger partial charge in [0.2, 0.25) is 5.91 Å². The summed E-state index contributed by atoms with van der Waals surface area (Å²) >= 11 is 0. The van der Waals surface area contributed by atoms with Crippen molar-refractivity contribution in [2.45, 2.75) is 31.7 Å². The quantitative estimate of drug-likeness (QED) is 0.849. The maximum Gasteiger partial charge on any atom is 0.236 e. The number of rotatable bonds is 4. The fourth-order valence-corrected chi connectivity index (χ4v) is 2.25. The van der Waals surface area contributed by atoms with Crippen LogP contribution in [0.5, 0.6) is 0 Å². The van der Waals surface area contributed by atoms with E-state index in [1.807, 2.05) is 35.3 Å². The van der Waals surface area contributed by atoms with E-state index in [2.05, 4.69) is 5.43 Å². The van der Waals surface area contributed by atoms with Gasteiger partial charge in [0.1, 0.15) is 0 Å². The Morgan fingerprint density at radius 2 is 1.89 bits per heavy atom. The summed E-state index contributed by atoms with van der Waals surface area (Å²) < 4.78 is 0. The van der Waals surface area contributed by atoms with Gasteiger partial charge < -0.3 is 5.73 Å². The number of nitrogens with two attached hydrogens (primary N) is 1. The summed E-state index contributed by atoms with van der Waals surface area (Å²) in [5.41, 5.74) is 9.96. The second-order valence-corrected chi connectivity index (χ2v) is 4.80. The lowest BCUT2D eigenvalue weighted by Crippen LogP contribution is -2.45. The Morgan fingerprint density at radius 3 is 2.56 bits per heavy atom. The Bertz CT molecular complexity index is 374. The highest BCUT2D eigenvalue weighted by atomic mass is 16.2. The Labute approximate surface area is 108 Å². The van der Waals surface area contributed by atoms with E-state index in [0.717, 1.165) is 31.5 Å². The van der Waals surface area contributed by atoms with Crippen molar-refractivity contribution in [1.82, 2.24) is 10.4 Å². The van der Waals surface area contributed by atoms with Crippen LogP contribution < -0.4 is 11.2 Å². The predicted octanol–water partition coefficient (Wildman–Crippen LogP) is 1.59. The highest BCUT2D eigenvalue weighted by Gasteiger charge is 2.15. The lowest BCUT2D eigenvalue weighted by atomic mass is 10.0. The lowest BCUT2D eigenvalue weighted by Gasteiger charge is -2.27. The SMILES string of the molecule is NC(CC(=O)NN1CCCCC1)c1ccccc1. The minimum Gasteiger partial charge on any atom is -0.324 e. The van der Waals surface area contributed by atoms with Crippen molar-refractivity contribution in [1.29, 1.82) is 0 Å². The monoisotopic (exact) mass is 247 g/mol. The summed E-state index contributed by atoms with van der Waals surface area (Å²) in [4.78, 5) is 11.9. The molecular formula is C14H21N3O. The van der Waals surface area contributed by atoms with Crippen LogP contribution in [-0.2, 0) is 4.79 Å². The lowest BCUT2D eigenvalue weighted by molar-refractivity contribution is -0.126. The first-order valence-corrected chi connectivity index (χ1v) is 6.60. The molecule has 1 heterocycles. The summed E-state index contributed by atoms with van der Waals surface area (Å²) in [5, 5.41) is 2.00. The molecule has 3 N–H and O–H groups in total. The minimum absolute atomic E-state index is 0.00764. The maximum atomic E-state index is 11.9. The molecule has 0 aliphatic carbocycles. The molecule has 18 heavy (non-hydrogen) atoms. The number of nitrogens with one attached hydrogen (secondary N) is 1. The highest BCUT2D eigenvalue weighted by Crippen LogP contribution is 2.13. The molecule has 0 spiro atoms. The molecular weight excluding hydrogens is 226 g/mol. The van der Waals surface area contributed by atoms with Crippen LogP contribution in [0, 0.1) is 0 Å². The van der Waals surface area contributed by atoms with Crippen LogP contribution in [0.15, 0.2) is 30.3 Å². The zero-order valence-electron chi connectivity index (χ0n) is 10.6. The smallest absolute Gasteiger partial charge is 0.236 e. The van der Waals surface area contributed by atoms with Gasteiger partial charge in [0.05, 0.1) is 0 Å². The minimum atomic E-state index is -0.226. The molecule has 1 aliphatic rings. The number of carbonyl (C=O) groups is 1. The second kappa shape index (κ2) is 6.52. The normalized spacial score (nSPS) is 18.3. The van der Waals surface area contributed by atoms with E-state index in [4.69, 9.17) is 5.73 Å². The van der Waals surface area contributed by atoms with Gasteiger partial charge >= 0.3 is 0 Å².